The highest BCUT2D eigenvalue weighted by molar-refractivity contribution is 7.94. The van der Waals surface area contributed by atoms with Crippen molar-refractivity contribution in [2.45, 2.75) is 31.3 Å². The lowest BCUT2D eigenvalue weighted by Gasteiger charge is -2.14. The molecule has 1 fully saturated rings. The number of benzene rings is 2. The fraction of sp³-hybridized carbons (Fsp3) is 0.240. The van der Waals surface area contributed by atoms with Crippen LogP contribution in [0.4, 0.5) is 0 Å². The summed E-state index contributed by atoms with van der Waals surface area (Å²) in [5, 5.41) is 5.61. The number of aryl methyl sites for hydroxylation is 1. The van der Waals surface area contributed by atoms with Crippen molar-refractivity contribution in [3.05, 3.63) is 89.0 Å². The molecule has 6 heteroatoms. The SMILES string of the molecule is Cc1cc(COc2ccc(S(=O)(=O)C=CC=C3CCNCC3)cc2)c2ccccc2n1. The predicted octanol–water partition coefficient (Wildman–Crippen LogP) is 4.72. The number of hydrogen-bond donors (Lipinski definition) is 1. The molecule has 0 amide bonds. The number of ether oxygens (including phenoxy) is 1. The first-order valence-electron chi connectivity index (χ1n) is 10.4. The van der Waals surface area contributed by atoms with Gasteiger partial charge in [-0.15, -0.1) is 0 Å². The quantitative estimate of drug-likeness (QED) is 0.608. The van der Waals surface area contributed by atoms with Crippen LogP contribution in [0, 0.1) is 6.92 Å². The number of para-hydroxylation sites is 1. The first-order chi connectivity index (χ1) is 15.0. The minimum absolute atomic E-state index is 0.255. The molecule has 31 heavy (non-hydrogen) atoms. The number of sulfone groups is 1. The largest absolute Gasteiger partial charge is 0.489 e. The van der Waals surface area contributed by atoms with Gasteiger partial charge in [0.05, 0.1) is 10.4 Å². The molecule has 5 nitrogen and oxygen atoms in total. The molecule has 2 aromatic carbocycles. The first-order valence-corrected chi connectivity index (χ1v) is 12.0. The van der Waals surface area contributed by atoms with E-state index in [4.69, 9.17) is 4.74 Å². The van der Waals surface area contributed by atoms with Gasteiger partial charge in [0, 0.05) is 22.1 Å². The summed E-state index contributed by atoms with van der Waals surface area (Å²) >= 11 is 0. The number of nitrogens with one attached hydrogen (secondary N) is 1. The third-order valence-electron chi connectivity index (χ3n) is 5.31. The summed E-state index contributed by atoms with van der Waals surface area (Å²) in [5.74, 6) is 0.623. The molecule has 1 N–H and O–H groups in total. The Morgan fingerprint density at radius 1 is 1.06 bits per heavy atom. The molecule has 4 rings (SSSR count). The summed E-state index contributed by atoms with van der Waals surface area (Å²) in [6.45, 7) is 4.24. The Hall–Kier alpha value is -2.96. The average Bonchev–Trinajstić information content (AvgIpc) is 2.78. The van der Waals surface area contributed by atoms with Crippen molar-refractivity contribution in [1.29, 1.82) is 0 Å². The molecule has 0 aliphatic carbocycles. The molecule has 1 saturated heterocycles. The standard InChI is InChI=1S/C25H26N2O3S/c1-19-17-21(24-6-2-3-7-25(24)27-19)18-30-22-8-10-23(11-9-22)31(28,29)16-4-5-20-12-14-26-15-13-20/h2-11,16-17,26H,12-15,18H2,1H3. The van der Waals surface area contributed by atoms with E-state index in [9.17, 15) is 8.42 Å². The monoisotopic (exact) mass is 434 g/mol. The van der Waals surface area contributed by atoms with E-state index < -0.39 is 9.84 Å². The third kappa shape index (κ3) is 5.40. The zero-order valence-corrected chi connectivity index (χ0v) is 18.4. The molecule has 1 aliphatic rings. The van der Waals surface area contributed by atoms with E-state index in [1.54, 1.807) is 30.3 Å². The molecule has 0 atom stereocenters. The maximum absolute atomic E-state index is 12.6. The van der Waals surface area contributed by atoms with Crippen molar-refractivity contribution in [1.82, 2.24) is 10.3 Å². The molecule has 160 valence electrons. The molecule has 0 saturated carbocycles. The van der Waals surface area contributed by atoms with Crippen LogP contribution in [0.5, 0.6) is 5.75 Å². The van der Waals surface area contributed by atoms with Gasteiger partial charge in [-0.2, -0.15) is 0 Å². The van der Waals surface area contributed by atoms with Gasteiger partial charge in [0.1, 0.15) is 12.4 Å². The van der Waals surface area contributed by atoms with Gasteiger partial charge >= 0.3 is 0 Å². The second kappa shape index (κ2) is 9.45. The molecule has 1 aliphatic heterocycles. The number of hydrogen-bond acceptors (Lipinski definition) is 5. The van der Waals surface area contributed by atoms with Gasteiger partial charge in [0.25, 0.3) is 0 Å². The Labute approximate surface area is 183 Å². The zero-order chi connectivity index (χ0) is 21.7. The maximum atomic E-state index is 12.6. The molecule has 2 heterocycles. The van der Waals surface area contributed by atoms with Gasteiger partial charge in [0.2, 0.25) is 0 Å². The summed E-state index contributed by atoms with van der Waals surface area (Å²) < 4.78 is 31.1. The minimum Gasteiger partial charge on any atom is -0.489 e. The lowest BCUT2D eigenvalue weighted by Crippen LogP contribution is -2.22. The number of pyridine rings is 1. The van der Waals surface area contributed by atoms with Crippen molar-refractivity contribution in [3.8, 4) is 5.75 Å². The minimum atomic E-state index is -3.48. The smallest absolute Gasteiger partial charge is 0.199 e. The highest BCUT2D eigenvalue weighted by Crippen LogP contribution is 2.22. The summed E-state index contributed by atoms with van der Waals surface area (Å²) in [6, 6.07) is 16.5. The van der Waals surface area contributed by atoms with E-state index >= 15 is 0 Å². The Morgan fingerprint density at radius 3 is 2.58 bits per heavy atom. The van der Waals surface area contributed by atoms with E-state index in [0.29, 0.717) is 12.4 Å². The van der Waals surface area contributed by atoms with Crippen LogP contribution in [0.2, 0.25) is 0 Å². The summed E-state index contributed by atoms with van der Waals surface area (Å²) in [4.78, 5) is 4.80. The number of nitrogens with zero attached hydrogens (tertiary/aromatic N) is 1. The summed E-state index contributed by atoms with van der Waals surface area (Å²) in [6.07, 6.45) is 5.47. The molecule has 1 aromatic heterocycles. The van der Waals surface area contributed by atoms with Crippen LogP contribution in [0.3, 0.4) is 0 Å². The van der Waals surface area contributed by atoms with Crippen LogP contribution in [0.1, 0.15) is 24.1 Å². The molecular formula is C25H26N2O3S. The first kappa shape index (κ1) is 21.3. The molecule has 0 spiro atoms. The molecule has 0 radical (unpaired) electrons. The van der Waals surface area contributed by atoms with E-state index in [-0.39, 0.29) is 4.90 Å². The number of fused-ring (bicyclic) bond motifs is 1. The maximum Gasteiger partial charge on any atom is 0.199 e. The molecule has 0 bridgehead atoms. The highest BCUT2D eigenvalue weighted by Gasteiger charge is 2.11. The Morgan fingerprint density at radius 2 is 1.81 bits per heavy atom. The van der Waals surface area contributed by atoms with Crippen LogP contribution in [-0.4, -0.2) is 26.5 Å². The Balaban J connectivity index is 1.44. The number of rotatable bonds is 6. The number of piperidine rings is 1. The normalized spacial score (nSPS) is 14.8. The van der Waals surface area contributed by atoms with Crippen LogP contribution in [0.15, 0.2) is 82.6 Å². The Bertz CT molecular complexity index is 1220. The lowest BCUT2D eigenvalue weighted by molar-refractivity contribution is 0.307. The van der Waals surface area contributed by atoms with Crippen molar-refractivity contribution < 1.29 is 13.2 Å². The van der Waals surface area contributed by atoms with Crippen LogP contribution >= 0.6 is 0 Å². The predicted molar refractivity (Wildman–Crippen MR) is 124 cm³/mol. The highest BCUT2D eigenvalue weighted by atomic mass is 32.2. The van der Waals surface area contributed by atoms with Gasteiger partial charge in [-0.25, -0.2) is 8.42 Å². The van der Waals surface area contributed by atoms with E-state index in [2.05, 4.69) is 10.3 Å². The van der Waals surface area contributed by atoms with Gasteiger partial charge < -0.3 is 10.1 Å². The van der Waals surface area contributed by atoms with Gasteiger partial charge in [-0.05, 0) is 69.3 Å². The van der Waals surface area contributed by atoms with E-state index in [0.717, 1.165) is 48.1 Å². The summed E-state index contributed by atoms with van der Waals surface area (Å²) in [7, 11) is -3.48. The van der Waals surface area contributed by atoms with Crippen molar-refractivity contribution >= 4 is 20.7 Å². The van der Waals surface area contributed by atoms with Crippen LogP contribution in [-0.2, 0) is 16.4 Å². The molecular weight excluding hydrogens is 408 g/mol. The van der Waals surface area contributed by atoms with Crippen molar-refractivity contribution in [3.63, 3.8) is 0 Å². The number of allylic oxidation sites excluding steroid dienone is 2. The van der Waals surface area contributed by atoms with Gasteiger partial charge in [-0.1, -0.05) is 35.9 Å². The van der Waals surface area contributed by atoms with Crippen molar-refractivity contribution in [2.24, 2.45) is 0 Å². The topological polar surface area (TPSA) is 68.3 Å². The third-order valence-corrected chi connectivity index (χ3v) is 6.76. The lowest BCUT2D eigenvalue weighted by atomic mass is 10.1. The fourth-order valence-electron chi connectivity index (χ4n) is 3.67. The van der Waals surface area contributed by atoms with Crippen LogP contribution in [0.25, 0.3) is 10.9 Å². The van der Waals surface area contributed by atoms with Gasteiger partial charge in [-0.3, -0.25) is 4.98 Å². The molecule has 0 unspecified atom stereocenters. The number of aromatic nitrogens is 1. The van der Waals surface area contributed by atoms with Crippen molar-refractivity contribution in [2.75, 3.05) is 13.1 Å². The van der Waals surface area contributed by atoms with E-state index in [1.807, 2.05) is 43.3 Å². The Kier molecular flexibility index (Phi) is 6.49. The fourth-order valence-corrected chi connectivity index (χ4v) is 4.63. The average molecular weight is 435 g/mol. The molecule has 3 aromatic rings. The summed E-state index contributed by atoms with van der Waals surface area (Å²) in [5.41, 5.74) is 4.19. The van der Waals surface area contributed by atoms with Crippen LogP contribution < -0.4 is 10.1 Å². The second-order valence-electron chi connectivity index (χ2n) is 7.65. The zero-order valence-electron chi connectivity index (χ0n) is 17.5. The van der Waals surface area contributed by atoms with Gasteiger partial charge in [0.15, 0.2) is 9.84 Å². The second-order valence-corrected chi connectivity index (χ2v) is 9.48. The van der Waals surface area contributed by atoms with E-state index in [1.165, 1.54) is 11.0 Å².